The van der Waals surface area contributed by atoms with E-state index in [0.29, 0.717) is 11.1 Å². The Morgan fingerprint density at radius 1 is 1.00 bits per heavy atom. The number of rotatable bonds is 1. The minimum Gasteiger partial charge on any atom is -0.282 e. The van der Waals surface area contributed by atoms with E-state index in [0.717, 1.165) is 5.56 Å². The van der Waals surface area contributed by atoms with Crippen molar-refractivity contribution in [3.8, 4) is 0 Å². The summed E-state index contributed by atoms with van der Waals surface area (Å²) in [5, 5.41) is 0. The van der Waals surface area contributed by atoms with Crippen LogP contribution in [0.3, 0.4) is 0 Å². The van der Waals surface area contributed by atoms with E-state index in [1.54, 1.807) is 26.0 Å². The second-order valence-electron chi connectivity index (χ2n) is 3.20. The summed E-state index contributed by atoms with van der Waals surface area (Å²) in [6.07, 6.45) is 0. The molecule has 0 spiro atoms. The molecule has 86 valence electrons. The first kappa shape index (κ1) is 14.1. The second-order valence-corrected chi connectivity index (χ2v) is 4.56. The van der Waals surface area contributed by atoms with E-state index in [1.165, 1.54) is 0 Å². The van der Waals surface area contributed by atoms with Crippen LogP contribution < -0.4 is 0 Å². The normalized spacial score (nSPS) is 10.5. The lowest BCUT2D eigenvalue weighted by atomic mass is 10.1. The van der Waals surface area contributed by atoms with Crippen molar-refractivity contribution in [1.29, 1.82) is 0 Å². The van der Waals surface area contributed by atoms with Gasteiger partial charge in [-0.3, -0.25) is 4.55 Å². The summed E-state index contributed by atoms with van der Waals surface area (Å²) in [5.74, 6) is 0. The SMILES string of the molecule is CC.Cc1cc(C)c(S(=O)(=O)O)c(C)c1. The molecule has 0 aromatic heterocycles. The molecule has 3 nitrogen and oxygen atoms in total. The Hall–Kier alpha value is -0.870. The van der Waals surface area contributed by atoms with Crippen LogP contribution in [-0.4, -0.2) is 13.0 Å². The van der Waals surface area contributed by atoms with E-state index in [9.17, 15) is 8.42 Å². The Balaban J connectivity index is 0.000000921. The fourth-order valence-electron chi connectivity index (χ4n) is 1.57. The third-order valence-corrected chi connectivity index (χ3v) is 3.02. The third-order valence-electron chi connectivity index (χ3n) is 1.86. The molecule has 0 unspecified atom stereocenters. The zero-order valence-corrected chi connectivity index (χ0v) is 10.6. The van der Waals surface area contributed by atoms with Crippen molar-refractivity contribution in [2.45, 2.75) is 39.5 Å². The van der Waals surface area contributed by atoms with Crippen LogP contribution in [0.4, 0.5) is 0 Å². The van der Waals surface area contributed by atoms with Gasteiger partial charge in [0.25, 0.3) is 10.1 Å². The first-order valence-corrected chi connectivity index (χ1v) is 6.31. The largest absolute Gasteiger partial charge is 0.295 e. The van der Waals surface area contributed by atoms with Crippen molar-refractivity contribution in [3.63, 3.8) is 0 Å². The van der Waals surface area contributed by atoms with Gasteiger partial charge in [-0.25, -0.2) is 0 Å². The van der Waals surface area contributed by atoms with E-state index >= 15 is 0 Å². The number of hydrogen-bond donors (Lipinski definition) is 1. The molecule has 0 radical (unpaired) electrons. The molecule has 0 heterocycles. The van der Waals surface area contributed by atoms with Crippen LogP contribution in [0.2, 0.25) is 0 Å². The summed E-state index contributed by atoms with van der Waals surface area (Å²) >= 11 is 0. The van der Waals surface area contributed by atoms with Gasteiger partial charge in [-0.2, -0.15) is 8.42 Å². The summed E-state index contributed by atoms with van der Waals surface area (Å²) in [6.45, 7) is 9.22. The molecule has 1 aromatic rings. The summed E-state index contributed by atoms with van der Waals surface area (Å²) in [6, 6.07) is 3.46. The van der Waals surface area contributed by atoms with Crippen LogP contribution in [0, 0.1) is 20.8 Å². The summed E-state index contributed by atoms with van der Waals surface area (Å²) in [4.78, 5) is 0.0260. The second kappa shape index (κ2) is 5.28. The standard InChI is InChI=1S/C9H12O3S.C2H6/c1-6-4-7(2)9(8(3)5-6)13(10,11)12;1-2/h4-5H,1-3H3,(H,10,11,12);1-2H3. The van der Waals surface area contributed by atoms with Crippen molar-refractivity contribution in [1.82, 2.24) is 0 Å². The van der Waals surface area contributed by atoms with Crippen LogP contribution in [-0.2, 0) is 10.1 Å². The average Bonchev–Trinajstić information content (AvgIpc) is 2.02. The molecule has 0 amide bonds. The van der Waals surface area contributed by atoms with Crippen molar-refractivity contribution in [2.75, 3.05) is 0 Å². The predicted octanol–water partition coefficient (Wildman–Crippen LogP) is 2.88. The van der Waals surface area contributed by atoms with Gasteiger partial charge in [0.1, 0.15) is 0 Å². The van der Waals surface area contributed by atoms with Crippen LogP contribution >= 0.6 is 0 Å². The smallest absolute Gasteiger partial charge is 0.282 e. The Bertz CT molecular complexity index is 410. The van der Waals surface area contributed by atoms with Crippen LogP contribution in [0.5, 0.6) is 0 Å². The number of hydrogen-bond acceptors (Lipinski definition) is 2. The number of aryl methyl sites for hydroxylation is 3. The highest BCUT2D eigenvalue weighted by atomic mass is 32.2. The van der Waals surface area contributed by atoms with E-state index < -0.39 is 10.1 Å². The zero-order chi connectivity index (χ0) is 12.2. The first-order valence-electron chi connectivity index (χ1n) is 4.87. The topological polar surface area (TPSA) is 54.4 Å². The highest BCUT2D eigenvalue weighted by molar-refractivity contribution is 7.86. The van der Waals surface area contributed by atoms with E-state index in [1.807, 2.05) is 20.8 Å². The van der Waals surface area contributed by atoms with Gasteiger partial charge in [-0.05, 0) is 31.9 Å². The molecule has 0 bridgehead atoms. The lowest BCUT2D eigenvalue weighted by Crippen LogP contribution is -2.04. The molecular weight excluding hydrogens is 212 g/mol. The molecule has 1 N–H and O–H groups in total. The van der Waals surface area contributed by atoms with Crippen molar-refractivity contribution < 1.29 is 13.0 Å². The minimum absolute atomic E-state index is 0.0260. The Morgan fingerprint density at radius 3 is 1.60 bits per heavy atom. The van der Waals surface area contributed by atoms with E-state index in [4.69, 9.17) is 4.55 Å². The van der Waals surface area contributed by atoms with Crippen LogP contribution in [0.1, 0.15) is 30.5 Å². The molecule has 0 aliphatic rings. The van der Waals surface area contributed by atoms with Gasteiger partial charge < -0.3 is 0 Å². The Labute approximate surface area is 91.9 Å². The maximum atomic E-state index is 10.9. The summed E-state index contributed by atoms with van der Waals surface area (Å²) in [7, 11) is -4.08. The molecule has 4 heteroatoms. The van der Waals surface area contributed by atoms with Crippen LogP contribution in [0.25, 0.3) is 0 Å². The van der Waals surface area contributed by atoms with E-state index in [2.05, 4.69) is 0 Å². The van der Waals surface area contributed by atoms with Gasteiger partial charge in [0.2, 0.25) is 0 Å². The fraction of sp³-hybridized carbons (Fsp3) is 0.455. The Kier molecular flexibility index (Phi) is 4.97. The van der Waals surface area contributed by atoms with Gasteiger partial charge in [0.15, 0.2) is 0 Å². The van der Waals surface area contributed by atoms with Gasteiger partial charge in [0.05, 0.1) is 4.90 Å². The van der Waals surface area contributed by atoms with Gasteiger partial charge in [0, 0.05) is 0 Å². The van der Waals surface area contributed by atoms with Gasteiger partial charge >= 0.3 is 0 Å². The zero-order valence-electron chi connectivity index (χ0n) is 9.83. The molecule has 0 atom stereocenters. The molecule has 0 aliphatic heterocycles. The molecule has 0 saturated carbocycles. The number of benzene rings is 1. The monoisotopic (exact) mass is 230 g/mol. The molecule has 0 fully saturated rings. The molecule has 15 heavy (non-hydrogen) atoms. The maximum Gasteiger partial charge on any atom is 0.295 e. The lowest BCUT2D eigenvalue weighted by molar-refractivity contribution is 0.482. The molecule has 1 aromatic carbocycles. The predicted molar refractivity (Wildman–Crippen MR) is 61.8 cm³/mol. The minimum atomic E-state index is -4.08. The highest BCUT2D eigenvalue weighted by Gasteiger charge is 2.15. The van der Waals surface area contributed by atoms with Crippen molar-refractivity contribution in [3.05, 3.63) is 28.8 Å². The molecule has 0 aliphatic carbocycles. The molecular formula is C11H18O3S. The van der Waals surface area contributed by atoms with Crippen molar-refractivity contribution >= 4 is 10.1 Å². The first-order chi connectivity index (χ1) is 6.82. The fourth-order valence-corrected chi connectivity index (χ4v) is 2.51. The average molecular weight is 230 g/mol. The maximum absolute atomic E-state index is 10.9. The summed E-state index contributed by atoms with van der Waals surface area (Å²) < 4.78 is 30.8. The Morgan fingerprint density at radius 2 is 1.33 bits per heavy atom. The van der Waals surface area contributed by atoms with Crippen molar-refractivity contribution in [2.24, 2.45) is 0 Å². The third kappa shape index (κ3) is 3.64. The quantitative estimate of drug-likeness (QED) is 0.755. The highest BCUT2D eigenvalue weighted by Crippen LogP contribution is 2.20. The molecule has 0 saturated heterocycles. The summed E-state index contributed by atoms with van der Waals surface area (Å²) in [5.41, 5.74) is 2.16. The lowest BCUT2D eigenvalue weighted by Gasteiger charge is -2.07. The van der Waals surface area contributed by atoms with E-state index in [-0.39, 0.29) is 4.90 Å². The molecule has 1 rings (SSSR count). The van der Waals surface area contributed by atoms with Crippen LogP contribution in [0.15, 0.2) is 17.0 Å². The van der Waals surface area contributed by atoms with Gasteiger partial charge in [-0.1, -0.05) is 31.5 Å². The van der Waals surface area contributed by atoms with Gasteiger partial charge in [-0.15, -0.1) is 0 Å².